The van der Waals surface area contributed by atoms with Crippen LogP contribution in [0.3, 0.4) is 0 Å². The molecule has 15 heteroatoms. The summed E-state index contributed by atoms with van der Waals surface area (Å²) in [4.78, 5) is 23.4. The van der Waals surface area contributed by atoms with Gasteiger partial charge in [0.1, 0.15) is 5.65 Å². The summed E-state index contributed by atoms with van der Waals surface area (Å²) in [5.74, 6) is 0.361. The van der Waals surface area contributed by atoms with Gasteiger partial charge in [0.15, 0.2) is 5.75 Å². The van der Waals surface area contributed by atoms with Gasteiger partial charge >= 0.3 is 6.18 Å². The topological polar surface area (TPSA) is 134 Å². The molecule has 258 valence electrons. The number of methoxy groups -OCH3 is 1. The molecule has 4 heterocycles. The number of nitrogens with one attached hydrogen (secondary N) is 3. The average Bonchev–Trinajstić information content (AvgIpc) is 3.39. The number of rotatable bonds is 11. The molecule has 0 aliphatic carbocycles. The molecular formula is C34H37F3N8O3S. The number of piperidine rings is 1. The highest BCUT2D eigenvalue weighted by Crippen LogP contribution is 2.33. The molecule has 1 aliphatic heterocycles. The zero-order valence-electron chi connectivity index (χ0n) is 27.3. The fraction of sp³-hybridized carbons (Fsp3) is 0.353. The van der Waals surface area contributed by atoms with Crippen molar-refractivity contribution in [3.05, 3.63) is 93.7 Å². The molecule has 1 aliphatic rings. The van der Waals surface area contributed by atoms with Crippen LogP contribution in [0.1, 0.15) is 35.4 Å². The summed E-state index contributed by atoms with van der Waals surface area (Å²) in [6.07, 6.45) is -1.03. The normalized spacial score (nSPS) is 14.7. The quantitative estimate of drug-likeness (QED) is 0.155. The Morgan fingerprint density at radius 2 is 1.80 bits per heavy atom. The Balaban J connectivity index is 1.41. The summed E-state index contributed by atoms with van der Waals surface area (Å²) in [7, 11) is 1.51. The van der Waals surface area contributed by atoms with Gasteiger partial charge in [-0.25, -0.2) is 4.98 Å². The van der Waals surface area contributed by atoms with Crippen molar-refractivity contribution in [2.24, 2.45) is 0 Å². The van der Waals surface area contributed by atoms with E-state index >= 15 is 0 Å². The van der Waals surface area contributed by atoms with Crippen LogP contribution in [0.4, 0.5) is 30.5 Å². The molecule has 0 spiro atoms. The number of nitrogens with zero attached hydrogens (tertiary/aromatic N) is 5. The molecule has 1 fully saturated rings. The predicted molar refractivity (Wildman–Crippen MR) is 185 cm³/mol. The zero-order valence-corrected chi connectivity index (χ0v) is 28.1. The van der Waals surface area contributed by atoms with Crippen LogP contribution in [0.5, 0.6) is 0 Å². The molecular weight excluding hydrogens is 657 g/mol. The van der Waals surface area contributed by atoms with Gasteiger partial charge in [-0.1, -0.05) is 22.3 Å². The fourth-order valence-electron chi connectivity index (χ4n) is 6.08. The third kappa shape index (κ3) is 7.59. The van der Waals surface area contributed by atoms with E-state index < -0.39 is 35.2 Å². The maximum Gasteiger partial charge on any atom is 0.416 e. The predicted octanol–water partition coefficient (Wildman–Crippen LogP) is 5.40. The van der Waals surface area contributed by atoms with Gasteiger partial charge in [0.2, 0.25) is 5.95 Å². The minimum Gasteiger partial charge on any atom is -0.591 e. The van der Waals surface area contributed by atoms with Crippen LogP contribution < -0.4 is 21.5 Å². The van der Waals surface area contributed by atoms with Crippen LogP contribution in [-0.4, -0.2) is 66.9 Å². The van der Waals surface area contributed by atoms with E-state index in [1.807, 2.05) is 24.3 Å². The summed E-state index contributed by atoms with van der Waals surface area (Å²) >= 11 is -1.56. The van der Waals surface area contributed by atoms with Crippen LogP contribution in [0.2, 0.25) is 0 Å². The standard InChI is InChI=1S/C34H37F3N8O3S/c1-21-30(22(2)45(43-21)49(47)17-16-48-3)28-18-24-19-39-33(41-26-10-8-25(9-11-26)40-27-12-14-38-15-13-27)42-31(24)44(32(28)46)20-23-6-4-5-7-29(23)34(35,36)37/h4-11,18-19,27,38,40H,12-17,20H2,1-3H3,(H,39,41,42). The van der Waals surface area contributed by atoms with Crippen molar-refractivity contribution in [2.45, 2.75) is 45.5 Å². The van der Waals surface area contributed by atoms with Crippen molar-refractivity contribution >= 4 is 39.7 Å². The molecule has 1 saturated heterocycles. The summed E-state index contributed by atoms with van der Waals surface area (Å²) < 4.78 is 62.8. The smallest absolute Gasteiger partial charge is 0.416 e. The maximum absolute atomic E-state index is 14.3. The highest BCUT2D eigenvalue weighted by atomic mass is 32.2. The van der Waals surface area contributed by atoms with Crippen molar-refractivity contribution in [1.82, 2.24) is 29.0 Å². The number of ether oxygens (including phenoxy) is 1. The Kier molecular flexibility index (Phi) is 10.2. The second-order valence-corrected chi connectivity index (χ2v) is 13.3. The molecule has 0 amide bonds. The van der Waals surface area contributed by atoms with Gasteiger partial charge in [-0.2, -0.15) is 18.2 Å². The Bertz CT molecular complexity index is 1990. The number of halogens is 3. The monoisotopic (exact) mass is 694 g/mol. The Morgan fingerprint density at radius 1 is 1.08 bits per heavy atom. The van der Waals surface area contributed by atoms with Gasteiger partial charge in [-0.3, -0.25) is 9.36 Å². The first-order valence-corrected chi connectivity index (χ1v) is 17.2. The molecule has 11 nitrogen and oxygen atoms in total. The van der Waals surface area contributed by atoms with Crippen molar-refractivity contribution in [3.8, 4) is 11.1 Å². The first-order valence-electron chi connectivity index (χ1n) is 15.9. The molecule has 0 bridgehead atoms. The largest absolute Gasteiger partial charge is 0.591 e. The summed E-state index contributed by atoms with van der Waals surface area (Å²) in [6, 6.07) is 14.8. The number of pyridine rings is 1. The molecule has 5 aromatic rings. The molecule has 0 radical (unpaired) electrons. The van der Waals surface area contributed by atoms with E-state index in [1.165, 1.54) is 40.2 Å². The average molecular weight is 695 g/mol. The SMILES string of the molecule is COCC[S+]([O-])n1nc(C)c(-c2cc3cnc(Nc4ccc(NC5CCNCC5)cc4)nc3n(Cc3ccccc3C(F)(F)F)c2=O)c1C. The highest BCUT2D eigenvalue weighted by Gasteiger charge is 2.33. The van der Waals surface area contributed by atoms with E-state index in [2.05, 4.69) is 31.0 Å². The van der Waals surface area contributed by atoms with Crippen LogP contribution >= 0.6 is 0 Å². The van der Waals surface area contributed by atoms with E-state index in [9.17, 15) is 22.5 Å². The third-order valence-electron chi connectivity index (χ3n) is 8.50. The van der Waals surface area contributed by atoms with Crippen LogP contribution in [0.25, 0.3) is 22.2 Å². The lowest BCUT2D eigenvalue weighted by atomic mass is 10.0. The second kappa shape index (κ2) is 14.6. The van der Waals surface area contributed by atoms with Gasteiger partial charge in [0.25, 0.3) is 5.56 Å². The number of hydrogen-bond donors (Lipinski definition) is 3. The summed E-state index contributed by atoms with van der Waals surface area (Å²) in [5.41, 5.74) is 1.86. The van der Waals surface area contributed by atoms with E-state index in [0.29, 0.717) is 34.1 Å². The lowest BCUT2D eigenvalue weighted by Gasteiger charge is -2.24. The highest BCUT2D eigenvalue weighted by molar-refractivity contribution is 7.89. The van der Waals surface area contributed by atoms with Crippen LogP contribution in [-0.2, 0) is 28.8 Å². The maximum atomic E-state index is 14.3. The Morgan fingerprint density at radius 3 is 2.51 bits per heavy atom. The molecule has 2 aromatic carbocycles. The molecule has 3 aromatic heterocycles. The second-order valence-electron chi connectivity index (χ2n) is 11.9. The molecule has 3 N–H and O–H groups in total. The van der Waals surface area contributed by atoms with E-state index in [-0.39, 0.29) is 35.1 Å². The van der Waals surface area contributed by atoms with Gasteiger partial charge in [0.05, 0.1) is 47.0 Å². The van der Waals surface area contributed by atoms with Crippen molar-refractivity contribution < 1.29 is 22.5 Å². The van der Waals surface area contributed by atoms with Crippen LogP contribution in [0.15, 0.2) is 65.6 Å². The lowest BCUT2D eigenvalue weighted by Crippen LogP contribution is -2.35. The third-order valence-corrected chi connectivity index (χ3v) is 9.76. The number of aryl methyl sites for hydroxylation is 1. The first-order chi connectivity index (χ1) is 23.5. The minimum absolute atomic E-state index is 0.0923. The number of aromatic nitrogens is 5. The molecule has 49 heavy (non-hydrogen) atoms. The van der Waals surface area contributed by atoms with Crippen molar-refractivity contribution in [1.29, 1.82) is 0 Å². The number of hydrogen-bond acceptors (Lipinski definition) is 9. The number of alkyl halides is 3. The van der Waals surface area contributed by atoms with Crippen molar-refractivity contribution in [2.75, 3.05) is 43.2 Å². The van der Waals surface area contributed by atoms with E-state index in [4.69, 9.17) is 4.74 Å². The number of fused-ring (bicyclic) bond motifs is 1. The molecule has 1 atom stereocenters. The van der Waals surface area contributed by atoms with Gasteiger partial charge < -0.3 is 25.2 Å². The Hall–Kier alpha value is -4.44. The first kappa shape index (κ1) is 34.4. The van der Waals surface area contributed by atoms with Gasteiger partial charge in [-0.15, -0.1) is 5.10 Å². The van der Waals surface area contributed by atoms with Crippen LogP contribution in [0, 0.1) is 13.8 Å². The van der Waals surface area contributed by atoms with E-state index in [1.54, 1.807) is 19.9 Å². The fourth-order valence-corrected chi connectivity index (χ4v) is 7.17. The summed E-state index contributed by atoms with van der Waals surface area (Å²) in [6.45, 7) is 5.18. The van der Waals surface area contributed by atoms with Gasteiger partial charge in [0, 0.05) is 41.7 Å². The van der Waals surface area contributed by atoms with Crippen molar-refractivity contribution in [3.63, 3.8) is 0 Å². The minimum atomic E-state index is -4.63. The molecule has 1 unspecified atom stereocenters. The number of anilines is 3. The lowest BCUT2D eigenvalue weighted by molar-refractivity contribution is -0.138. The number of benzene rings is 2. The Labute approximate surface area is 284 Å². The van der Waals surface area contributed by atoms with Gasteiger partial charge in [-0.05, 0) is 81.7 Å². The summed E-state index contributed by atoms with van der Waals surface area (Å²) in [5, 5.41) is 14.9. The molecule has 6 rings (SSSR count). The zero-order chi connectivity index (χ0) is 34.7. The van der Waals surface area contributed by atoms with E-state index in [0.717, 1.165) is 37.7 Å². The molecule has 0 saturated carbocycles.